The number of carbonyl (C=O) groups is 1. The zero-order chi connectivity index (χ0) is 14.2. The Kier molecular flexibility index (Phi) is 2.63. The molecule has 0 aliphatic carbocycles. The van der Waals surface area contributed by atoms with Crippen LogP contribution in [0.2, 0.25) is 0 Å². The van der Waals surface area contributed by atoms with Crippen LogP contribution in [0.4, 0.5) is 0 Å². The normalized spacial score (nSPS) is 15.1. The quantitative estimate of drug-likeness (QED) is 0.697. The van der Waals surface area contributed by atoms with Gasteiger partial charge in [0.15, 0.2) is 0 Å². The van der Waals surface area contributed by atoms with E-state index in [9.17, 15) is 4.79 Å². The maximum absolute atomic E-state index is 12.4. The van der Waals surface area contributed by atoms with Gasteiger partial charge in [-0.1, -0.05) is 12.1 Å². The largest absolute Gasteiger partial charge is 0.333 e. The van der Waals surface area contributed by atoms with E-state index in [1.807, 2.05) is 24.3 Å². The van der Waals surface area contributed by atoms with E-state index in [2.05, 4.69) is 20.1 Å². The molecule has 7 nitrogen and oxygen atoms in total. The van der Waals surface area contributed by atoms with Crippen molar-refractivity contribution in [3.63, 3.8) is 0 Å². The molecule has 1 amide bonds. The fourth-order valence-electron chi connectivity index (χ4n) is 2.42. The first-order valence-electron chi connectivity index (χ1n) is 6.66. The van der Waals surface area contributed by atoms with Gasteiger partial charge in [0.2, 0.25) is 0 Å². The minimum absolute atomic E-state index is 0.0929. The molecule has 104 valence electrons. The van der Waals surface area contributed by atoms with Gasteiger partial charge in [-0.2, -0.15) is 5.10 Å². The minimum atomic E-state index is -0.0929. The van der Waals surface area contributed by atoms with Crippen LogP contribution in [-0.2, 0) is 0 Å². The SMILES string of the molecule is O=C(c1cnc2ccccc2n1)N1CC(n2cncn2)C1. The highest BCUT2D eigenvalue weighted by Gasteiger charge is 2.33. The van der Waals surface area contributed by atoms with Crippen molar-refractivity contribution >= 4 is 16.9 Å². The summed E-state index contributed by atoms with van der Waals surface area (Å²) in [5.41, 5.74) is 1.90. The van der Waals surface area contributed by atoms with Gasteiger partial charge in [-0.3, -0.25) is 9.78 Å². The molecular formula is C14H12N6O. The number of nitrogens with zero attached hydrogens (tertiary/aromatic N) is 6. The van der Waals surface area contributed by atoms with Crippen LogP contribution in [0.15, 0.2) is 43.1 Å². The molecule has 0 N–H and O–H groups in total. The molecule has 0 radical (unpaired) electrons. The van der Waals surface area contributed by atoms with Crippen LogP contribution in [0.25, 0.3) is 11.0 Å². The summed E-state index contributed by atoms with van der Waals surface area (Å²) >= 11 is 0. The molecule has 3 aromatic rings. The molecule has 2 aromatic heterocycles. The van der Waals surface area contributed by atoms with E-state index in [0.29, 0.717) is 18.8 Å². The number of hydrogen-bond donors (Lipinski definition) is 0. The van der Waals surface area contributed by atoms with Crippen LogP contribution in [0.5, 0.6) is 0 Å². The molecule has 1 aliphatic heterocycles. The van der Waals surface area contributed by atoms with Gasteiger partial charge in [0.05, 0.1) is 23.3 Å². The van der Waals surface area contributed by atoms with Gasteiger partial charge in [-0.25, -0.2) is 14.6 Å². The summed E-state index contributed by atoms with van der Waals surface area (Å²) in [5.74, 6) is -0.0929. The number of para-hydroxylation sites is 2. The highest BCUT2D eigenvalue weighted by atomic mass is 16.2. The summed E-state index contributed by atoms with van der Waals surface area (Å²) in [5, 5.41) is 4.09. The molecule has 21 heavy (non-hydrogen) atoms. The lowest BCUT2D eigenvalue weighted by atomic mass is 10.1. The van der Waals surface area contributed by atoms with Crippen molar-refractivity contribution in [3.05, 3.63) is 48.8 Å². The van der Waals surface area contributed by atoms with Crippen LogP contribution in [-0.4, -0.2) is 48.6 Å². The summed E-state index contributed by atoms with van der Waals surface area (Å²) in [6.45, 7) is 1.24. The number of amides is 1. The Morgan fingerprint density at radius 2 is 2.00 bits per heavy atom. The molecule has 4 rings (SSSR count). The lowest BCUT2D eigenvalue weighted by Gasteiger charge is -2.38. The molecule has 0 spiro atoms. The monoisotopic (exact) mass is 280 g/mol. The Balaban J connectivity index is 1.52. The zero-order valence-corrected chi connectivity index (χ0v) is 11.1. The highest BCUT2D eigenvalue weighted by Crippen LogP contribution is 2.21. The fraction of sp³-hybridized carbons (Fsp3) is 0.214. The van der Waals surface area contributed by atoms with Gasteiger partial charge in [-0.15, -0.1) is 0 Å². The van der Waals surface area contributed by atoms with Gasteiger partial charge in [0.1, 0.15) is 18.3 Å². The van der Waals surface area contributed by atoms with Crippen LogP contribution < -0.4 is 0 Å². The van der Waals surface area contributed by atoms with Gasteiger partial charge in [-0.05, 0) is 12.1 Å². The Bertz CT molecular complexity index is 794. The number of fused-ring (bicyclic) bond motifs is 1. The molecule has 1 aromatic carbocycles. The van der Waals surface area contributed by atoms with Crippen molar-refractivity contribution in [1.82, 2.24) is 29.6 Å². The molecule has 1 saturated heterocycles. The Labute approximate surface area is 120 Å². The van der Waals surface area contributed by atoms with Crippen molar-refractivity contribution < 1.29 is 4.79 Å². The van der Waals surface area contributed by atoms with E-state index in [1.54, 1.807) is 15.9 Å². The zero-order valence-electron chi connectivity index (χ0n) is 11.1. The second-order valence-electron chi connectivity index (χ2n) is 4.98. The summed E-state index contributed by atoms with van der Waals surface area (Å²) in [6, 6.07) is 7.71. The van der Waals surface area contributed by atoms with Crippen LogP contribution in [0.3, 0.4) is 0 Å². The first kappa shape index (κ1) is 12.0. The summed E-state index contributed by atoms with van der Waals surface area (Å²) in [6.07, 6.45) is 4.70. The molecule has 1 aliphatic rings. The molecule has 3 heterocycles. The molecule has 0 atom stereocenters. The minimum Gasteiger partial charge on any atom is -0.333 e. The van der Waals surface area contributed by atoms with Gasteiger partial charge < -0.3 is 4.90 Å². The van der Waals surface area contributed by atoms with E-state index in [0.717, 1.165) is 11.0 Å². The van der Waals surface area contributed by atoms with Crippen LogP contribution >= 0.6 is 0 Å². The molecule has 0 unspecified atom stereocenters. The van der Waals surface area contributed by atoms with E-state index >= 15 is 0 Å². The number of benzene rings is 1. The average molecular weight is 280 g/mol. The summed E-state index contributed by atoms with van der Waals surface area (Å²) < 4.78 is 1.77. The topological polar surface area (TPSA) is 76.8 Å². The second-order valence-corrected chi connectivity index (χ2v) is 4.98. The Hall–Kier alpha value is -2.83. The van der Waals surface area contributed by atoms with Gasteiger partial charge >= 0.3 is 0 Å². The van der Waals surface area contributed by atoms with Gasteiger partial charge in [0.25, 0.3) is 5.91 Å². The van der Waals surface area contributed by atoms with Crippen molar-refractivity contribution in [2.75, 3.05) is 13.1 Å². The molecule has 0 bridgehead atoms. The van der Waals surface area contributed by atoms with Crippen molar-refractivity contribution in [2.24, 2.45) is 0 Å². The Morgan fingerprint density at radius 3 is 2.76 bits per heavy atom. The lowest BCUT2D eigenvalue weighted by molar-refractivity contribution is 0.0495. The van der Waals surface area contributed by atoms with E-state index in [1.165, 1.54) is 12.5 Å². The third kappa shape index (κ3) is 2.03. The van der Waals surface area contributed by atoms with E-state index in [4.69, 9.17) is 0 Å². The third-order valence-electron chi connectivity index (χ3n) is 3.63. The average Bonchev–Trinajstić information content (AvgIpc) is 2.99. The number of rotatable bonds is 2. The fourth-order valence-corrected chi connectivity index (χ4v) is 2.42. The highest BCUT2D eigenvalue weighted by molar-refractivity contribution is 5.94. The van der Waals surface area contributed by atoms with Crippen molar-refractivity contribution in [1.29, 1.82) is 0 Å². The summed E-state index contributed by atoms with van der Waals surface area (Å²) in [4.78, 5) is 26.7. The molecule has 0 saturated carbocycles. The predicted octanol–water partition coefficient (Wildman–Crippen LogP) is 0.918. The molecular weight excluding hydrogens is 268 g/mol. The molecule has 7 heteroatoms. The number of likely N-dealkylation sites (tertiary alicyclic amines) is 1. The second kappa shape index (κ2) is 4.62. The lowest BCUT2D eigenvalue weighted by Crippen LogP contribution is -2.51. The smallest absolute Gasteiger partial charge is 0.274 e. The van der Waals surface area contributed by atoms with Crippen LogP contribution in [0, 0.1) is 0 Å². The first-order chi connectivity index (χ1) is 10.3. The van der Waals surface area contributed by atoms with Gasteiger partial charge in [0, 0.05) is 13.1 Å². The maximum Gasteiger partial charge on any atom is 0.274 e. The Morgan fingerprint density at radius 1 is 1.19 bits per heavy atom. The first-order valence-corrected chi connectivity index (χ1v) is 6.66. The van der Waals surface area contributed by atoms with Crippen LogP contribution in [0.1, 0.15) is 16.5 Å². The molecule has 1 fully saturated rings. The predicted molar refractivity (Wildman–Crippen MR) is 74.5 cm³/mol. The van der Waals surface area contributed by atoms with Crippen molar-refractivity contribution in [3.8, 4) is 0 Å². The maximum atomic E-state index is 12.4. The standard InChI is InChI=1S/C14H12N6O/c21-14(19-6-10(7-19)20-9-15-8-17-20)13-5-16-11-3-1-2-4-12(11)18-13/h1-5,8-10H,6-7H2. The van der Waals surface area contributed by atoms with Crippen molar-refractivity contribution in [2.45, 2.75) is 6.04 Å². The van der Waals surface area contributed by atoms with E-state index in [-0.39, 0.29) is 11.9 Å². The number of carbonyl (C=O) groups excluding carboxylic acids is 1. The van der Waals surface area contributed by atoms with E-state index < -0.39 is 0 Å². The summed E-state index contributed by atoms with van der Waals surface area (Å²) in [7, 11) is 0. The third-order valence-corrected chi connectivity index (χ3v) is 3.63. The number of aromatic nitrogens is 5. The number of hydrogen-bond acceptors (Lipinski definition) is 5.